The van der Waals surface area contributed by atoms with E-state index < -0.39 is 0 Å². The van der Waals surface area contributed by atoms with Crippen molar-refractivity contribution >= 4 is 35.0 Å². The molecular formula is C22H25Cl2NO6. The first-order valence-electron chi connectivity index (χ1n) is 9.77. The van der Waals surface area contributed by atoms with Crippen molar-refractivity contribution in [1.82, 2.24) is 4.98 Å². The van der Waals surface area contributed by atoms with Crippen LogP contribution in [0.3, 0.4) is 0 Å². The largest absolute Gasteiger partial charge is 0.493 e. The van der Waals surface area contributed by atoms with E-state index in [0.29, 0.717) is 58.5 Å². The zero-order chi connectivity index (χ0) is 22.8. The summed E-state index contributed by atoms with van der Waals surface area (Å²) >= 11 is 12.3. The Hall–Kier alpha value is -2.51. The Morgan fingerprint density at radius 3 is 2.32 bits per heavy atom. The van der Waals surface area contributed by atoms with Gasteiger partial charge in [0, 0.05) is 30.8 Å². The summed E-state index contributed by atoms with van der Waals surface area (Å²) in [6.45, 7) is 2.40. The number of ether oxygens (including phenoxy) is 4. The normalized spacial score (nSPS) is 10.5. The van der Waals surface area contributed by atoms with Crippen molar-refractivity contribution in [3.63, 3.8) is 0 Å². The number of pyridine rings is 1. The molecule has 0 bridgehead atoms. The molecule has 0 N–H and O–H groups in total. The van der Waals surface area contributed by atoms with Gasteiger partial charge in [0.2, 0.25) is 5.75 Å². The molecule has 0 spiro atoms. The van der Waals surface area contributed by atoms with Gasteiger partial charge in [-0.25, -0.2) is 0 Å². The molecule has 9 heteroatoms. The van der Waals surface area contributed by atoms with Crippen molar-refractivity contribution in [2.45, 2.75) is 32.6 Å². The molecule has 0 aliphatic rings. The second-order valence-corrected chi connectivity index (χ2v) is 7.28. The van der Waals surface area contributed by atoms with E-state index >= 15 is 0 Å². The summed E-state index contributed by atoms with van der Waals surface area (Å²) < 4.78 is 21.6. The number of esters is 1. The molecule has 1 aromatic carbocycles. The van der Waals surface area contributed by atoms with E-state index in [0.717, 1.165) is 0 Å². The van der Waals surface area contributed by atoms with Crippen LogP contribution in [0.15, 0.2) is 24.5 Å². The minimum Gasteiger partial charge on any atom is -0.493 e. The van der Waals surface area contributed by atoms with Crippen LogP contribution in [0.4, 0.5) is 0 Å². The Labute approximate surface area is 191 Å². The second-order valence-electron chi connectivity index (χ2n) is 6.47. The highest BCUT2D eigenvalue weighted by molar-refractivity contribution is 6.36. The Morgan fingerprint density at radius 1 is 1.00 bits per heavy atom. The van der Waals surface area contributed by atoms with Crippen LogP contribution in [0, 0.1) is 0 Å². The molecule has 0 saturated heterocycles. The fourth-order valence-electron chi connectivity index (χ4n) is 2.90. The summed E-state index contributed by atoms with van der Waals surface area (Å²) in [5.41, 5.74) is 0.797. The molecule has 7 nitrogen and oxygen atoms in total. The lowest BCUT2D eigenvalue weighted by Gasteiger charge is -2.17. The molecule has 168 valence electrons. The van der Waals surface area contributed by atoms with Crippen molar-refractivity contribution in [1.29, 1.82) is 0 Å². The molecule has 0 atom stereocenters. The van der Waals surface area contributed by atoms with E-state index in [1.54, 1.807) is 19.1 Å². The SMILES string of the molecule is CCOC(=O)CCCCOc1c(C(=O)Cc2c(Cl)cncc2Cl)ccc(OC)c1OC. The molecule has 0 aliphatic carbocycles. The molecule has 0 fully saturated rings. The number of rotatable bonds is 12. The predicted octanol–water partition coefficient (Wildman–Crippen LogP) is 4.94. The summed E-state index contributed by atoms with van der Waals surface area (Å²) in [5.74, 6) is 0.511. The molecule has 0 radical (unpaired) electrons. The van der Waals surface area contributed by atoms with Gasteiger partial charge in [0.15, 0.2) is 17.3 Å². The first-order chi connectivity index (χ1) is 14.9. The van der Waals surface area contributed by atoms with E-state index in [9.17, 15) is 9.59 Å². The number of unbranched alkanes of at least 4 members (excludes halogenated alkanes) is 1. The van der Waals surface area contributed by atoms with Crippen LogP contribution in [-0.4, -0.2) is 44.2 Å². The fourth-order valence-corrected chi connectivity index (χ4v) is 3.40. The lowest BCUT2D eigenvalue weighted by Crippen LogP contribution is -2.11. The first kappa shape index (κ1) is 24.8. The van der Waals surface area contributed by atoms with Crippen molar-refractivity contribution < 1.29 is 28.5 Å². The van der Waals surface area contributed by atoms with E-state index in [1.165, 1.54) is 26.6 Å². The quantitative estimate of drug-likeness (QED) is 0.247. The number of Topliss-reactive ketones (excluding diaryl/α,β-unsaturated/α-hetero) is 1. The fraction of sp³-hybridized carbons (Fsp3) is 0.409. The van der Waals surface area contributed by atoms with Crippen molar-refractivity contribution in [3.05, 3.63) is 45.7 Å². The molecule has 0 aliphatic heterocycles. The average molecular weight is 470 g/mol. The number of hydrogen-bond donors (Lipinski definition) is 0. The highest BCUT2D eigenvalue weighted by atomic mass is 35.5. The molecule has 0 amide bonds. The number of methoxy groups -OCH3 is 2. The topological polar surface area (TPSA) is 84.0 Å². The highest BCUT2D eigenvalue weighted by Crippen LogP contribution is 2.41. The van der Waals surface area contributed by atoms with Crippen molar-refractivity contribution in [2.75, 3.05) is 27.4 Å². The zero-order valence-corrected chi connectivity index (χ0v) is 19.2. The van der Waals surface area contributed by atoms with Crippen LogP contribution in [0.5, 0.6) is 17.2 Å². The number of aromatic nitrogens is 1. The Morgan fingerprint density at radius 2 is 1.71 bits per heavy atom. The van der Waals surface area contributed by atoms with Gasteiger partial charge in [-0.05, 0) is 31.9 Å². The number of ketones is 1. The van der Waals surface area contributed by atoms with Crippen molar-refractivity contribution in [3.8, 4) is 17.2 Å². The minimum atomic E-state index is -0.252. The minimum absolute atomic E-state index is 0.0328. The summed E-state index contributed by atoms with van der Waals surface area (Å²) in [5, 5.41) is 0.616. The maximum Gasteiger partial charge on any atom is 0.305 e. The third kappa shape index (κ3) is 6.74. The summed E-state index contributed by atoms with van der Waals surface area (Å²) in [4.78, 5) is 28.4. The number of carbonyl (C=O) groups is 2. The summed E-state index contributed by atoms with van der Waals surface area (Å²) in [6.07, 6.45) is 4.33. The number of hydrogen-bond acceptors (Lipinski definition) is 7. The molecular weight excluding hydrogens is 445 g/mol. The number of benzene rings is 1. The highest BCUT2D eigenvalue weighted by Gasteiger charge is 2.23. The van der Waals surface area contributed by atoms with Crippen LogP contribution in [-0.2, 0) is 16.0 Å². The maximum absolute atomic E-state index is 13.1. The second kappa shape index (κ2) is 12.4. The number of halogens is 2. The van der Waals surface area contributed by atoms with Gasteiger partial charge in [-0.3, -0.25) is 14.6 Å². The van der Waals surface area contributed by atoms with Crippen LogP contribution in [0.25, 0.3) is 0 Å². The van der Waals surface area contributed by atoms with Gasteiger partial charge >= 0.3 is 5.97 Å². The first-order valence-corrected chi connectivity index (χ1v) is 10.5. The lowest BCUT2D eigenvalue weighted by molar-refractivity contribution is -0.143. The zero-order valence-electron chi connectivity index (χ0n) is 17.7. The molecule has 2 rings (SSSR count). The van der Waals surface area contributed by atoms with E-state index in [2.05, 4.69) is 4.98 Å². The molecule has 0 saturated carbocycles. The predicted molar refractivity (Wildman–Crippen MR) is 118 cm³/mol. The van der Waals surface area contributed by atoms with Gasteiger partial charge in [-0.15, -0.1) is 0 Å². The molecule has 2 aromatic rings. The monoisotopic (exact) mass is 469 g/mol. The Bertz CT molecular complexity index is 899. The van der Waals surface area contributed by atoms with Crippen LogP contribution in [0.1, 0.15) is 42.1 Å². The van der Waals surface area contributed by atoms with Crippen LogP contribution >= 0.6 is 23.2 Å². The smallest absolute Gasteiger partial charge is 0.305 e. The maximum atomic E-state index is 13.1. The molecule has 1 aromatic heterocycles. The Balaban J connectivity index is 2.20. The average Bonchev–Trinajstić information content (AvgIpc) is 2.75. The van der Waals surface area contributed by atoms with Gasteiger partial charge < -0.3 is 18.9 Å². The van der Waals surface area contributed by atoms with Gasteiger partial charge in [-0.2, -0.15) is 0 Å². The number of nitrogens with zero attached hydrogens (tertiary/aromatic N) is 1. The van der Waals surface area contributed by atoms with Gasteiger partial charge in [0.1, 0.15) is 0 Å². The Kier molecular flexibility index (Phi) is 9.88. The molecule has 31 heavy (non-hydrogen) atoms. The molecule has 0 unspecified atom stereocenters. The van der Waals surface area contributed by atoms with E-state index in [1.807, 2.05) is 0 Å². The van der Waals surface area contributed by atoms with Crippen LogP contribution in [0.2, 0.25) is 10.0 Å². The third-order valence-corrected chi connectivity index (χ3v) is 5.07. The van der Waals surface area contributed by atoms with E-state index in [-0.39, 0.29) is 30.5 Å². The lowest BCUT2D eigenvalue weighted by atomic mass is 10.0. The van der Waals surface area contributed by atoms with Gasteiger partial charge in [-0.1, -0.05) is 23.2 Å². The summed E-state index contributed by atoms with van der Waals surface area (Å²) in [6, 6.07) is 3.25. The summed E-state index contributed by atoms with van der Waals surface area (Å²) in [7, 11) is 2.97. The van der Waals surface area contributed by atoms with E-state index in [4.69, 9.17) is 42.1 Å². The third-order valence-electron chi connectivity index (χ3n) is 4.42. The van der Waals surface area contributed by atoms with Gasteiger partial charge in [0.25, 0.3) is 0 Å². The number of carbonyl (C=O) groups excluding carboxylic acids is 2. The van der Waals surface area contributed by atoms with Crippen LogP contribution < -0.4 is 14.2 Å². The molecule has 1 heterocycles. The van der Waals surface area contributed by atoms with Gasteiger partial charge in [0.05, 0.1) is 43.0 Å². The standard InChI is InChI=1S/C22H25Cl2NO6/c1-4-30-20(27)7-5-6-10-31-21-14(8-9-19(28-2)22(21)29-3)18(26)11-15-16(23)12-25-13-17(15)24/h8-9,12-13H,4-7,10-11H2,1-3H3. The van der Waals surface area contributed by atoms with Crippen molar-refractivity contribution in [2.24, 2.45) is 0 Å².